The summed E-state index contributed by atoms with van der Waals surface area (Å²) in [6, 6.07) is 9.67. The van der Waals surface area contributed by atoms with Crippen LogP contribution in [-0.4, -0.2) is 45.8 Å². The van der Waals surface area contributed by atoms with Crippen molar-refractivity contribution in [1.29, 1.82) is 5.41 Å². The molecule has 5 rings (SSSR count). The first-order valence-corrected chi connectivity index (χ1v) is 13.2. The molecule has 1 aromatic carbocycles. The third-order valence-electron chi connectivity index (χ3n) is 6.60. The monoisotopic (exact) mass is 553 g/mol. The molecule has 1 aliphatic carbocycles. The number of rotatable bonds is 7. The van der Waals surface area contributed by atoms with Crippen LogP contribution in [0.3, 0.4) is 0 Å². The van der Waals surface area contributed by atoms with Crippen molar-refractivity contribution >= 4 is 52.1 Å². The van der Waals surface area contributed by atoms with E-state index in [1.807, 2.05) is 4.57 Å². The van der Waals surface area contributed by atoms with Gasteiger partial charge in [0.2, 0.25) is 0 Å². The van der Waals surface area contributed by atoms with Gasteiger partial charge in [-0.05, 0) is 56.0 Å². The Kier molecular flexibility index (Phi) is 7.39. The zero-order chi connectivity index (χ0) is 26.8. The van der Waals surface area contributed by atoms with E-state index in [9.17, 15) is 4.79 Å². The van der Waals surface area contributed by atoms with Crippen molar-refractivity contribution in [1.82, 2.24) is 19.9 Å². The van der Waals surface area contributed by atoms with Crippen LogP contribution in [0.15, 0.2) is 47.6 Å². The summed E-state index contributed by atoms with van der Waals surface area (Å²) in [6.45, 7) is 0. The number of benzene rings is 1. The van der Waals surface area contributed by atoms with E-state index < -0.39 is 5.82 Å². The van der Waals surface area contributed by atoms with Crippen LogP contribution in [0.25, 0.3) is 22.4 Å². The number of fused-ring (bicyclic) bond motifs is 1. The number of hydrogen-bond acceptors (Lipinski definition) is 6. The number of hydrogen-bond donors (Lipinski definition) is 3. The minimum absolute atomic E-state index is 0.0843. The molecule has 1 aliphatic rings. The highest BCUT2D eigenvalue weighted by atomic mass is 35.5. The van der Waals surface area contributed by atoms with E-state index in [4.69, 9.17) is 32.5 Å². The highest BCUT2D eigenvalue weighted by molar-refractivity contribution is 7.18. The Balaban J connectivity index is 1.56. The molecular formula is C26H25ClFN7O2S. The van der Waals surface area contributed by atoms with Gasteiger partial charge in [-0.3, -0.25) is 15.2 Å². The smallest absolute Gasteiger partial charge is 0.261 e. The summed E-state index contributed by atoms with van der Waals surface area (Å²) in [5.74, 6) is 0.322. The molecule has 4 aromatic rings. The van der Waals surface area contributed by atoms with Crippen LogP contribution in [0.5, 0.6) is 5.75 Å². The molecule has 3 aromatic heterocycles. The minimum Gasteiger partial charge on any atom is -0.497 e. The van der Waals surface area contributed by atoms with Crippen LogP contribution in [0.4, 0.5) is 4.39 Å². The van der Waals surface area contributed by atoms with Gasteiger partial charge in [0.15, 0.2) is 5.84 Å². The maximum Gasteiger partial charge on any atom is 0.261 e. The summed E-state index contributed by atoms with van der Waals surface area (Å²) in [7, 11) is 1.48. The number of nitrogens with two attached hydrogens (primary N) is 1. The number of pyridine rings is 1. The molecule has 9 nitrogen and oxygen atoms in total. The molecule has 0 saturated heterocycles. The Morgan fingerprint density at radius 2 is 2.18 bits per heavy atom. The lowest BCUT2D eigenvalue weighted by Gasteiger charge is -2.32. The van der Waals surface area contributed by atoms with Crippen LogP contribution in [-0.2, 0) is 0 Å². The van der Waals surface area contributed by atoms with Gasteiger partial charge in [-0.25, -0.2) is 14.4 Å². The Morgan fingerprint density at radius 3 is 2.89 bits per heavy atom. The summed E-state index contributed by atoms with van der Waals surface area (Å²) in [5.41, 5.74) is 8.00. The predicted octanol–water partition coefficient (Wildman–Crippen LogP) is 5.19. The zero-order valence-electron chi connectivity index (χ0n) is 20.4. The number of ether oxygens (including phenoxy) is 1. The van der Waals surface area contributed by atoms with Gasteiger partial charge in [0.05, 0.1) is 33.6 Å². The van der Waals surface area contributed by atoms with E-state index in [-0.39, 0.29) is 23.8 Å². The van der Waals surface area contributed by atoms with Crippen molar-refractivity contribution in [3.63, 3.8) is 0 Å². The molecule has 0 aliphatic heterocycles. The first-order valence-electron chi connectivity index (χ1n) is 12.0. The quantitative estimate of drug-likeness (QED) is 0.214. The van der Waals surface area contributed by atoms with Crippen LogP contribution in [0.2, 0.25) is 4.34 Å². The maximum absolute atomic E-state index is 15.3. The number of carbonyl (C=O) groups is 1. The van der Waals surface area contributed by atoms with E-state index in [1.165, 1.54) is 24.5 Å². The average molecular weight is 554 g/mol. The second-order valence-corrected chi connectivity index (χ2v) is 10.7. The lowest BCUT2D eigenvalue weighted by atomic mass is 9.90. The Labute approximate surface area is 227 Å². The Hall–Kier alpha value is -3.83. The standard InChI is InChI=1S/C26H25ClFN7O2S/c1-37-16-5-6-17(18(28)10-16)25-34-20-12-31-19(24(30)32-13-29)11-21(20)35(25)15-4-2-3-14(9-15)33-26(36)22-7-8-23(27)38-22/h5-8,10-15H,2-4,9H2,1H3,(H,33,36)(H3,29,30,32). The zero-order valence-corrected chi connectivity index (χ0v) is 22.0. The van der Waals surface area contributed by atoms with Crippen LogP contribution in [0.1, 0.15) is 47.1 Å². The molecule has 38 heavy (non-hydrogen) atoms. The molecule has 3 heterocycles. The molecule has 1 fully saturated rings. The van der Waals surface area contributed by atoms with E-state index in [0.717, 1.165) is 25.6 Å². The lowest BCUT2D eigenvalue weighted by molar-refractivity contribution is 0.0925. The molecule has 12 heteroatoms. The van der Waals surface area contributed by atoms with Crippen molar-refractivity contribution in [2.75, 3.05) is 7.11 Å². The fourth-order valence-electron chi connectivity index (χ4n) is 4.86. The van der Waals surface area contributed by atoms with E-state index in [1.54, 1.807) is 36.5 Å². The summed E-state index contributed by atoms with van der Waals surface area (Å²) in [4.78, 5) is 26.3. The summed E-state index contributed by atoms with van der Waals surface area (Å²) >= 11 is 7.25. The number of carbonyl (C=O) groups excluding carboxylic acids is 1. The first kappa shape index (κ1) is 25.8. The van der Waals surface area contributed by atoms with Crippen molar-refractivity contribution < 1.29 is 13.9 Å². The molecule has 0 radical (unpaired) electrons. The first-order chi connectivity index (χ1) is 18.4. The van der Waals surface area contributed by atoms with Crippen LogP contribution >= 0.6 is 22.9 Å². The predicted molar refractivity (Wildman–Crippen MR) is 147 cm³/mol. The topological polar surface area (TPSA) is 131 Å². The number of methoxy groups -OCH3 is 1. The summed E-state index contributed by atoms with van der Waals surface area (Å²) in [5, 5.41) is 10.4. The van der Waals surface area contributed by atoms with Gasteiger partial charge in [-0.15, -0.1) is 11.3 Å². The number of nitrogens with one attached hydrogen (secondary N) is 2. The largest absolute Gasteiger partial charge is 0.497 e. The van der Waals surface area contributed by atoms with Gasteiger partial charge in [-0.1, -0.05) is 11.6 Å². The fraction of sp³-hybridized carbons (Fsp3) is 0.269. The number of thiophene rings is 1. The average Bonchev–Trinajstić information content (AvgIpc) is 3.52. The molecule has 0 spiro atoms. The number of aliphatic imine (C=N–C) groups is 1. The minimum atomic E-state index is -0.464. The molecule has 196 valence electrons. The van der Waals surface area contributed by atoms with E-state index in [0.29, 0.717) is 49.5 Å². The molecule has 1 saturated carbocycles. The van der Waals surface area contributed by atoms with Gasteiger partial charge in [0.25, 0.3) is 5.91 Å². The Morgan fingerprint density at radius 1 is 1.34 bits per heavy atom. The molecule has 2 atom stereocenters. The van der Waals surface area contributed by atoms with Gasteiger partial charge >= 0.3 is 0 Å². The SMILES string of the molecule is COc1ccc(-c2nc3cnc(C(N)=NC=N)cc3n2C2CCCC(NC(=O)c3ccc(Cl)s3)C2)c(F)c1. The molecule has 2 unspecified atom stereocenters. The van der Waals surface area contributed by atoms with Crippen molar-refractivity contribution in [3.8, 4) is 17.1 Å². The number of amidine groups is 1. The number of nitrogens with zero attached hydrogens (tertiary/aromatic N) is 4. The second-order valence-electron chi connectivity index (χ2n) is 8.95. The normalized spacial score (nSPS) is 17.9. The molecule has 1 amide bonds. The fourth-order valence-corrected chi connectivity index (χ4v) is 5.81. The highest BCUT2D eigenvalue weighted by Crippen LogP contribution is 2.37. The van der Waals surface area contributed by atoms with Gasteiger partial charge in [-0.2, -0.15) is 0 Å². The summed E-state index contributed by atoms with van der Waals surface area (Å²) in [6.07, 6.45) is 5.55. The molecular weight excluding hydrogens is 529 g/mol. The number of halogens is 2. The van der Waals surface area contributed by atoms with Crippen molar-refractivity contribution in [3.05, 3.63) is 63.3 Å². The second kappa shape index (κ2) is 10.9. The van der Waals surface area contributed by atoms with Gasteiger partial charge < -0.3 is 20.4 Å². The van der Waals surface area contributed by atoms with Crippen LogP contribution < -0.4 is 15.8 Å². The van der Waals surface area contributed by atoms with Crippen molar-refractivity contribution in [2.45, 2.75) is 37.8 Å². The summed E-state index contributed by atoms with van der Waals surface area (Å²) < 4.78 is 23.0. The molecule has 4 N–H and O–H groups in total. The van der Waals surface area contributed by atoms with Crippen LogP contribution in [0, 0.1) is 11.2 Å². The van der Waals surface area contributed by atoms with Gasteiger partial charge in [0.1, 0.15) is 34.9 Å². The van der Waals surface area contributed by atoms with Gasteiger partial charge in [0, 0.05) is 18.2 Å². The van der Waals surface area contributed by atoms with Crippen molar-refractivity contribution in [2.24, 2.45) is 10.7 Å². The molecule has 0 bridgehead atoms. The number of imidazole rings is 1. The number of amides is 1. The third-order valence-corrected chi connectivity index (χ3v) is 7.83. The lowest BCUT2D eigenvalue weighted by Crippen LogP contribution is -2.38. The highest BCUT2D eigenvalue weighted by Gasteiger charge is 2.29. The third kappa shape index (κ3) is 5.11. The maximum atomic E-state index is 15.3. The number of aromatic nitrogens is 3. The van der Waals surface area contributed by atoms with E-state index >= 15 is 4.39 Å². The Bertz CT molecular complexity index is 1550. The van der Waals surface area contributed by atoms with E-state index in [2.05, 4.69) is 15.3 Å².